The highest BCUT2D eigenvalue weighted by Gasteiger charge is 2.18. The number of pyridine rings is 1. The van der Waals surface area contributed by atoms with Gasteiger partial charge >= 0.3 is 0 Å². The molecule has 0 saturated carbocycles. The summed E-state index contributed by atoms with van der Waals surface area (Å²) in [5.41, 5.74) is 0. The molecule has 2 heterocycles. The Hall–Kier alpha value is -1.51. The van der Waals surface area contributed by atoms with Gasteiger partial charge in [-0.05, 0) is 19.4 Å². The van der Waals surface area contributed by atoms with Crippen molar-refractivity contribution in [2.45, 2.75) is 30.8 Å². The van der Waals surface area contributed by atoms with Gasteiger partial charge in [-0.15, -0.1) is 0 Å². The molecule has 7 nitrogen and oxygen atoms in total. The summed E-state index contributed by atoms with van der Waals surface area (Å²) in [5, 5.41) is 4.24. The lowest BCUT2D eigenvalue weighted by Crippen LogP contribution is -2.33. The van der Waals surface area contributed by atoms with E-state index in [0.717, 1.165) is 0 Å². The van der Waals surface area contributed by atoms with Crippen LogP contribution in [0.3, 0.4) is 0 Å². The predicted octanol–water partition coefficient (Wildman–Crippen LogP) is 1.08. The van der Waals surface area contributed by atoms with E-state index in [4.69, 9.17) is 11.6 Å². The third-order valence-electron chi connectivity index (χ3n) is 2.60. The zero-order valence-electron chi connectivity index (χ0n) is 10.8. The van der Waals surface area contributed by atoms with Crippen LogP contribution >= 0.6 is 11.6 Å². The average Bonchev–Trinajstić information content (AvgIpc) is 2.89. The molecule has 20 heavy (non-hydrogen) atoms. The van der Waals surface area contributed by atoms with Crippen LogP contribution in [0.1, 0.15) is 13.3 Å². The monoisotopic (exact) mass is 315 g/mol. The first-order valence-corrected chi connectivity index (χ1v) is 7.79. The van der Waals surface area contributed by atoms with Gasteiger partial charge in [-0.25, -0.2) is 18.1 Å². The number of aryl methyl sites for hydroxylation is 1. The number of nitrogens with zero attached hydrogens (tertiary/aromatic N) is 4. The molecular formula is C11H14ClN5O2S. The van der Waals surface area contributed by atoms with Crippen molar-refractivity contribution in [3.8, 4) is 0 Å². The van der Waals surface area contributed by atoms with Gasteiger partial charge in [-0.3, -0.25) is 9.67 Å². The van der Waals surface area contributed by atoms with Crippen molar-refractivity contribution >= 4 is 21.6 Å². The van der Waals surface area contributed by atoms with Crippen LogP contribution in [-0.4, -0.2) is 34.2 Å². The van der Waals surface area contributed by atoms with E-state index >= 15 is 0 Å². The maximum Gasteiger partial charge on any atom is 0.242 e. The molecular weight excluding hydrogens is 302 g/mol. The fourth-order valence-electron chi connectivity index (χ4n) is 1.61. The highest BCUT2D eigenvalue weighted by atomic mass is 35.5. The van der Waals surface area contributed by atoms with Crippen LogP contribution in [-0.2, 0) is 16.6 Å². The maximum atomic E-state index is 12.1. The first kappa shape index (κ1) is 14.9. The Labute approximate surface area is 122 Å². The average molecular weight is 316 g/mol. The number of nitrogens with one attached hydrogen (secondary N) is 1. The topological polar surface area (TPSA) is 89.8 Å². The molecule has 0 aliphatic heterocycles. The molecule has 0 bridgehead atoms. The summed E-state index contributed by atoms with van der Waals surface area (Å²) in [6.07, 6.45) is 6.26. The molecule has 0 saturated heterocycles. The van der Waals surface area contributed by atoms with Gasteiger partial charge in [0, 0.05) is 25.0 Å². The fourth-order valence-corrected chi connectivity index (χ4v) is 3.11. The van der Waals surface area contributed by atoms with E-state index in [1.807, 2.05) is 0 Å². The molecule has 9 heteroatoms. The predicted molar refractivity (Wildman–Crippen MR) is 73.7 cm³/mol. The molecule has 0 aliphatic rings. The first-order chi connectivity index (χ1) is 9.47. The highest BCUT2D eigenvalue weighted by molar-refractivity contribution is 7.89. The van der Waals surface area contributed by atoms with E-state index in [1.165, 1.54) is 24.8 Å². The van der Waals surface area contributed by atoms with Gasteiger partial charge in [0.1, 0.15) is 17.6 Å². The molecule has 0 fully saturated rings. The van der Waals surface area contributed by atoms with E-state index in [0.29, 0.717) is 13.0 Å². The number of sulfonamides is 1. The van der Waals surface area contributed by atoms with Gasteiger partial charge in [0.05, 0.1) is 5.02 Å². The fraction of sp³-hybridized carbons (Fsp3) is 0.364. The second-order valence-corrected chi connectivity index (χ2v) is 6.46. The van der Waals surface area contributed by atoms with Crippen molar-refractivity contribution in [2.75, 3.05) is 0 Å². The van der Waals surface area contributed by atoms with E-state index in [1.54, 1.807) is 17.9 Å². The molecule has 2 rings (SSSR count). The van der Waals surface area contributed by atoms with Crippen molar-refractivity contribution in [3.05, 3.63) is 36.1 Å². The van der Waals surface area contributed by atoms with Crippen molar-refractivity contribution in [2.24, 2.45) is 0 Å². The summed E-state index contributed by atoms with van der Waals surface area (Å²) in [6, 6.07) is 1.12. The normalized spacial score (nSPS) is 13.3. The zero-order chi connectivity index (χ0) is 14.6. The van der Waals surface area contributed by atoms with E-state index in [-0.39, 0.29) is 16.0 Å². The van der Waals surface area contributed by atoms with Gasteiger partial charge in [0.2, 0.25) is 10.0 Å². The second-order valence-electron chi connectivity index (χ2n) is 4.31. The van der Waals surface area contributed by atoms with Crippen molar-refractivity contribution in [3.63, 3.8) is 0 Å². The lowest BCUT2D eigenvalue weighted by atomic mass is 10.2. The van der Waals surface area contributed by atoms with Crippen molar-refractivity contribution in [1.82, 2.24) is 24.5 Å². The van der Waals surface area contributed by atoms with E-state index in [2.05, 4.69) is 19.8 Å². The number of hydrogen-bond donors (Lipinski definition) is 1. The molecule has 0 amide bonds. The van der Waals surface area contributed by atoms with Gasteiger partial charge in [-0.2, -0.15) is 5.10 Å². The molecule has 2 aromatic rings. The highest BCUT2D eigenvalue weighted by Crippen LogP contribution is 2.14. The Balaban J connectivity index is 1.97. The van der Waals surface area contributed by atoms with Crippen molar-refractivity contribution < 1.29 is 8.42 Å². The van der Waals surface area contributed by atoms with Crippen LogP contribution in [0, 0.1) is 0 Å². The second kappa shape index (κ2) is 6.29. The minimum Gasteiger partial charge on any atom is -0.262 e. The van der Waals surface area contributed by atoms with Gasteiger partial charge < -0.3 is 0 Å². The SMILES string of the molecule is CC(CCn1cncn1)NS(=O)(=O)c1cncc(Cl)c1. The van der Waals surface area contributed by atoms with Crippen molar-refractivity contribution in [1.29, 1.82) is 0 Å². The quantitative estimate of drug-likeness (QED) is 0.861. The molecule has 1 N–H and O–H groups in total. The maximum absolute atomic E-state index is 12.1. The summed E-state index contributed by atoms with van der Waals surface area (Å²) < 4.78 is 28.4. The van der Waals surface area contributed by atoms with Crippen LogP contribution in [0.4, 0.5) is 0 Å². The van der Waals surface area contributed by atoms with E-state index < -0.39 is 10.0 Å². The van der Waals surface area contributed by atoms with Crippen LogP contribution < -0.4 is 4.72 Å². The molecule has 0 spiro atoms. The number of aromatic nitrogens is 4. The molecule has 0 radical (unpaired) electrons. The summed E-state index contributed by atoms with van der Waals surface area (Å²) in [5.74, 6) is 0. The Morgan fingerprint density at radius 2 is 2.20 bits per heavy atom. The summed E-state index contributed by atoms with van der Waals surface area (Å²) in [7, 11) is -3.62. The molecule has 2 aromatic heterocycles. The van der Waals surface area contributed by atoms with Gasteiger partial charge in [-0.1, -0.05) is 11.6 Å². The van der Waals surface area contributed by atoms with Crippen LogP contribution in [0.2, 0.25) is 5.02 Å². The van der Waals surface area contributed by atoms with E-state index in [9.17, 15) is 8.42 Å². The number of rotatable bonds is 6. The Morgan fingerprint density at radius 3 is 2.85 bits per heavy atom. The molecule has 1 unspecified atom stereocenters. The minimum absolute atomic E-state index is 0.0533. The summed E-state index contributed by atoms with van der Waals surface area (Å²) >= 11 is 5.74. The lowest BCUT2D eigenvalue weighted by molar-refractivity contribution is 0.494. The molecule has 0 aliphatic carbocycles. The standard InChI is InChI=1S/C11H14ClN5O2S/c1-9(2-3-17-8-14-7-15-17)16-20(18,19)11-4-10(12)5-13-6-11/h4-9,16H,2-3H2,1H3. The smallest absolute Gasteiger partial charge is 0.242 e. The third-order valence-corrected chi connectivity index (χ3v) is 4.37. The molecule has 1 atom stereocenters. The molecule has 0 aromatic carbocycles. The third kappa shape index (κ3) is 3.99. The largest absolute Gasteiger partial charge is 0.262 e. The molecule has 108 valence electrons. The lowest BCUT2D eigenvalue weighted by Gasteiger charge is -2.14. The summed E-state index contributed by atoms with van der Waals surface area (Å²) in [6.45, 7) is 2.37. The number of halogens is 1. The van der Waals surface area contributed by atoms with Crippen LogP contribution in [0.25, 0.3) is 0 Å². The Kier molecular flexibility index (Phi) is 4.69. The zero-order valence-corrected chi connectivity index (χ0v) is 12.3. The Morgan fingerprint density at radius 1 is 1.40 bits per heavy atom. The van der Waals surface area contributed by atoms with Gasteiger partial charge in [0.15, 0.2) is 0 Å². The minimum atomic E-state index is -3.62. The Bertz CT molecular complexity index is 659. The summed E-state index contributed by atoms with van der Waals surface area (Å²) in [4.78, 5) is 7.65. The number of hydrogen-bond acceptors (Lipinski definition) is 5. The van der Waals surface area contributed by atoms with Crippen LogP contribution in [0.5, 0.6) is 0 Å². The first-order valence-electron chi connectivity index (χ1n) is 5.92. The van der Waals surface area contributed by atoms with Gasteiger partial charge in [0.25, 0.3) is 0 Å². The van der Waals surface area contributed by atoms with Crippen LogP contribution in [0.15, 0.2) is 36.0 Å².